The van der Waals surface area contributed by atoms with E-state index >= 15 is 0 Å². The van der Waals surface area contributed by atoms with Crippen molar-refractivity contribution in [1.29, 1.82) is 0 Å². The Balaban J connectivity index is 2.57. The third-order valence-electron chi connectivity index (χ3n) is 2.81. The molecule has 2 rings (SSSR count). The molecule has 1 aromatic carbocycles. The van der Waals surface area contributed by atoms with Crippen LogP contribution in [0.4, 0.5) is 5.69 Å². The third kappa shape index (κ3) is 2.69. The lowest BCUT2D eigenvalue weighted by atomic mass is 10.1. The van der Waals surface area contributed by atoms with E-state index < -0.39 is 17.4 Å². The number of carboxylic acids is 1. The van der Waals surface area contributed by atoms with Gasteiger partial charge in [0, 0.05) is 11.9 Å². The highest BCUT2D eigenvalue weighted by molar-refractivity contribution is 6.06. The van der Waals surface area contributed by atoms with Crippen LogP contribution in [0.1, 0.15) is 23.7 Å². The van der Waals surface area contributed by atoms with E-state index in [1.165, 1.54) is 6.92 Å². The van der Waals surface area contributed by atoms with Gasteiger partial charge >= 0.3 is 11.6 Å². The van der Waals surface area contributed by atoms with Gasteiger partial charge in [-0.15, -0.1) is 0 Å². The number of rotatable bonds is 5. The number of carboxylic acid groups (broad SMARTS) is 1. The molecular weight excluding hydrogens is 262 g/mol. The molecule has 0 bridgehead atoms. The van der Waals surface area contributed by atoms with E-state index in [-0.39, 0.29) is 18.5 Å². The van der Waals surface area contributed by atoms with Crippen LogP contribution in [0, 0.1) is 0 Å². The van der Waals surface area contributed by atoms with E-state index in [1.807, 2.05) is 0 Å². The highest BCUT2D eigenvalue weighted by atomic mass is 16.4. The van der Waals surface area contributed by atoms with Crippen LogP contribution < -0.4 is 10.9 Å². The molecule has 0 aliphatic carbocycles. The van der Waals surface area contributed by atoms with E-state index in [4.69, 9.17) is 9.52 Å². The number of aliphatic carboxylic acids is 1. The molecule has 0 aliphatic rings. The molecule has 20 heavy (non-hydrogen) atoms. The van der Waals surface area contributed by atoms with E-state index in [0.717, 1.165) is 0 Å². The van der Waals surface area contributed by atoms with Gasteiger partial charge in [0.25, 0.3) is 0 Å². The normalized spacial score (nSPS) is 10.4. The number of para-hydroxylation sites is 1. The first-order chi connectivity index (χ1) is 9.50. The SMILES string of the molecule is CC(=O)c1c(NCCC(=O)O)c2ccccc2oc1=O. The summed E-state index contributed by atoms with van der Waals surface area (Å²) in [5.74, 6) is -1.39. The highest BCUT2D eigenvalue weighted by Crippen LogP contribution is 2.25. The van der Waals surface area contributed by atoms with Gasteiger partial charge in [0.2, 0.25) is 0 Å². The summed E-state index contributed by atoms with van der Waals surface area (Å²) in [4.78, 5) is 34.0. The molecule has 6 heteroatoms. The maximum atomic E-state index is 11.8. The number of anilines is 1. The standard InChI is InChI=1S/C14H13NO5/c1-8(16)12-13(15-7-6-11(17)18)9-4-2-3-5-10(9)20-14(12)19/h2-5,15H,6-7H2,1H3,(H,17,18). The predicted octanol–water partition coefficient (Wildman–Crippen LogP) is 1.88. The Bertz CT molecular complexity index is 732. The average Bonchev–Trinajstić information content (AvgIpc) is 2.37. The summed E-state index contributed by atoms with van der Waals surface area (Å²) < 4.78 is 5.09. The number of fused-ring (bicyclic) bond motifs is 1. The van der Waals surface area contributed by atoms with Crippen molar-refractivity contribution in [1.82, 2.24) is 0 Å². The summed E-state index contributed by atoms with van der Waals surface area (Å²) in [7, 11) is 0. The second-order valence-electron chi connectivity index (χ2n) is 4.26. The van der Waals surface area contributed by atoms with Gasteiger partial charge in [-0.3, -0.25) is 9.59 Å². The molecule has 0 atom stereocenters. The zero-order chi connectivity index (χ0) is 14.7. The van der Waals surface area contributed by atoms with Crippen molar-refractivity contribution in [2.45, 2.75) is 13.3 Å². The second-order valence-corrected chi connectivity index (χ2v) is 4.26. The van der Waals surface area contributed by atoms with Gasteiger partial charge in [0.1, 0.15) is 11.1 Å². The van der Waals surface area contributed by atoms with Crippen LogP contribution >= 0.6 is 0 Å². The average molecular weight is 275 g/mol. The van der Waals surface area contributed by atoms with E-state index in [1.54, 1.807) is 24.3 Å². The number of hydrogen-bond donors (Lipinski definition) is 2. The van der Waals surface area contributed by atoms with Crippen molar-refractivity contribution in [3.05, 3.63) is 40.2 Å². The van der Waals surface area contributed by atoms with Crippen molar-refractivity contribution in [2.75, 3.05) is 11.9 Å². The first-order valence-corrected chi connectivity index (χ1v) is 6.03. The molecule has 1 aromatic heterocycles. The van der Waals surface area contributed by atoms with Gasteiger partial charge in [-0.1, -0.05) is 12.1 Å². The fourth-order valence-electron chi connectivity index (χ4n) is 1.95. The Morgan fingerprint density at radius 3 is 2.65 bits per heavy atom. The summed E-state index contributed by atoms with van der Waals surface area (Å²) in [6.45, 7) is 1.38. The molecular formula is C14H13NO5. The van der Waals surface area contributed by atoms with Crippen LogP contribution in [0.3, 0.4) is 0 Å². The summed E-state index contributed by atoms with van der Waals surface area (Å²) in [5.41, 5.74) is -0.144. The zero-order valence-corrected chi connectivity index (χ0v) is 10.8. The molecule has 2 N–H and O–H groups in total. The Hall–Kier alpha value is -2.63. The largest absolute Gasteiger partial charge is 0.481 e. The molecule has 1 heterocycles. The minimum absolute atomic E-state index is 0.0888. The number of benzene rings is 1. The molecule has 0 spiro atoms. The van der Waals surface area contributed by atoms with Crippen LogP contribution in [0.25, 0.3) is 11.0 Å². The van der Waals surface area contributed by atoms with E-state index in [9.17, 15) is 14.4 Å². The minimum atomic E-state index is -0.964. The smallest absolute Gasteiger partial charge is 0.349 e. The fourth-order valence-corrected chi connectivity index (χ4v) is 1.95. The van der Waals surface area contributed by atoms with Crippen molar-refractivity contribution in [2.24, 2.45) is 0 Å². The number of nitrogens with one attached hydrogen (secondary N) is 1. The van der Waals surface area contributed by atoms with Crippen LogP contribution in [0.2, 0.25) is 0 Å². The van der Waals surface area contributed by atoms with Gasteiger partial charge in [-0.25, -0.2) is 4.79 Å². The lowest BCUT2D eigenvalue weighted by molar-refractivity contribution is -0.136. The van der Waals surface area contributed by atoms with E-state index in [0.29, 0.717) is 16.7 Å². The molecule has 0 fully saturated rings. The summed E-state index contributed by atoms with van der Waals surface area (Å²) in [5, 5.41) is 12.1. The Morgan fingerprint density at radius 1 is 1.30 bits per heavy atom. The summed E-state index contributed by atoms with van der Waals surface area (Å²) >= 11 is 0. The topological polar surface area (TPSA) is 96.6 Å². The van der Waals surface area contributed by atoms with Crippen LogP contribution in [-0.2, 0) is 4.79 Å². The van der Waals surface area contributed by atoms with Crippen molar-refractivity contribution in [3.8, 4) is 0 Å². The molecule has 0 amide bonds. The van der Waals surface area contributed by atoms with Gasteiger partial charge in [-0.05, 0) is 19.1 Å². The van der Waals surface area contributed by atoms with Crippen molar-refractivity contribution >= 4 is 28.4 Å². The molecule has 0 unspecified atom stereocenters. The van der Waals surface area contributed by atoms with Gasteiger partial charge < -0.3 is 14.8 Å². The number of ketones is 1. The molecule has 0 saturated heterocycles. The maximum absolute atomic E-state index is 11.8. The van der Waals surface area contributed by atoms with Crippen LogP contribution in [-0.4, -0.2) is 23.4 Å². The van der Waals surface area contributed by atoms with Gasteiger partial charge in [0.05, 0.1) is 12.1 Å². The maximum Gasteiger partial charge on any atom is 0.349 e. The molecule has 0 radical (unpaired) electrons. The zero-order valence-electron chi connectivity index (χ0n) is 10.8. The monoisotopic (exact) mass is 275 g/mol. The molecule has 0 aliphatic heterocycles. The Labute approximate surface area is 114 Å². The number of carbonyl (C=O) groups excluding carboxylic acids is 1. The first-order valence-electron chi connectivity index (χ1n) is 6.03. The Morgan fingerprint density at radius 2 is 2.00 bits per heavy atom. The van der Waals surface area contributed by atoms with E-state index in [2.05, 4.69) is 5.32 Å². The summed E-state index contributed by atoms with van der Waals surface area (Å²) in [6, 6.07) is 6.77. The minimum Gasteiger partial charge on any atom is -0.481 e. The number of carbonyl (C=O) groups is 2. The third-order valence-corrected chi connectivity index (χ3v) is 2.81. The summed E-state index contributed by atoms with van der Waals surface area (Å²) in [6.07, 6.45) is -0.119. The van der Waals surface area contributed by atoms with Gasteiger partial charge in [-0.2, -0.15) is 0 Å². The van der Waals surface area contributed by atoms with Crippen LogP contribution in [0.15, 0.2) is 33.5 Å². The number of hydrogen-bond acceptors (Lipinski definition) is 5. The van der Waals surface area contributed by atoms with Crippen molar-refractivity contribution in [3.63, 3.8) is 0 Å². The predicted molar refractivity (Wildman–Crippen MR) is 73.2 cm³/mol. The Kier molecular flexibility index (Phi) is 3.84. The fraction of sp³-hybridized carbons (Fsp3) is 0.214. The van der Waals surface area contributed by atoms with Gasteiger partial charge in [0.15, 0.2) is 5.78 Å². The molecule has 2 aromatic rings. The molecule has 104 valence electrons. The molecule has 0 saturated carbocycles. The number of Topliss-reactive ketones (excluding diaryl/α,β-unsaturated/α-hetero) is 1. The first kappa shape index (κ1) is 13.8. The quantitative estimate of drug-likeness (QED) is 0.638. The highest BCUT2D eigenvalue weighted by Gasteiger charge is 2.17. The lowest BCUT2D eigenvalue weighted by Gasteiger charge is -2.11. The van der Waals surface area contributed by atoms with Crippen molar-refractivity contribution < 1.29 is 19.1 Å². The van der Waals surface area contributed by atoms with Crippen LogP contribution in [0.5, 0.6) is 0 Å². The second kappa shape index (κ2) is 5.56. The lowest BCUT2D eigenvalue weighted by Crippen LogP contribution is -2.18. The molecule has 6 nitrogen and oxygen atoms in total.